The van der Waals surface area contributed by atoms with Crippen LogP contribution >= 0.6 is 0 Å². The number of carbonyl (C=O) groups excluding carboxylic acids is 1. The fraction of sp³-hybridized carbons (Fsp3) is 0.214. The van der Waals surface area contributed by atoms with Crippen molar-refractivity contribution in [1.29, 1.82) is 0 Å². The van der Waals surface area contributed by atoms with Gasteiger partial charge in [-0.3, -0.25) is 4.79 Å². The number of imidazole rings is 1. The van der Waals surface area contributed by atoms with Gasteiger partial charge in [0.15, 0.2) is 0 Å². The van der Waals surface area contributed by atoms with Crippen molar-refractivity contribution in [3.63, 3.8) is 0 Å². The number of hydrogen-bond acceptors (Lipinski definition) is 2. The van der Waals surface area contributed by atoms with Crippen molar-refractivity contribution in [3.8, 4) is 11.4 Å². The van der Waals surface area contributed by atoms with E-state index >= 15 is 0 Å². The zero-order valence-electron chi connectivity index (χ0n) is 18.5. The van der Waals surface area contributed by atoms with Crippen LogP contribution in [0.2, 0.25) is 0 Å². The van der Waals surface area contributed by atoms with Gasteiger partial charge < -0.3 is 9.47 Å². The maximum absolute atomic E-state index is 13.6. The molecule has 1 atom stereocenters. The second-order valence-electron chi connectivity index (χ2n) is 8.73. The van der Waals surface area contributed by atoms with Crippen LogP contribution in [0.4, 0.5) is 0 Å². The minimum Gasteiger partial charge on any atom is -0.332 e. The maximum Gasteiger partial charge on any atom is 0.256 e. The van der Waals surface area contributed by atoms with Gasteiger partial charge in [-0.15, -0.1) is 6.58 Å². The summed E-state index contributed by atoms with van der Waals surface area (Å²) in [7, 11) is 0. The Bertz CT molecular complexity index is 1290. The number of rotatable bonds is 5. The molecular weight excluding hydrogens is 394 g/mol. The van der Waals surface area contributed by atoms with Crippen molar-refractivity contribution in [2.75, 3.05) is 6.54 Å². The van der Waals surface area contributed by atoms with Crippen molar-refractivity contribution in [1.82, 2.24) is 14.5 Å². The van der Waals surface area contributed by atoms with E-state index in [-0.39, 0.29) is 11.9 Å². The minimum absolute atomic E-state index is 0.0339. The molecule has 1 aliphatic rings. The molecule has 0 saturated carbocycles. The third kappa shape index (κ3) is 3.42. The minimum atomic E-state index is -0.0731. The van der Waals surface area contributed by atoms with E-state index in [1.807, 2.05) is 47.4 Å². The summed E-state index contributed by atoms with van der Waals surface area (Å²) < 4.78 is 2.20. The van der Waals surface area contributed by atoms with Gasteiger partial charge >= 0.3 is 0 Å². The normalized spacial score (nSPS) is 15.9. The highest BCUT2D eigenvalue weighted by Gasteiger charge is 2.31. The molecule has 1 aliphatic heterocycles. The number of carbonyl (C=O) groups is 1. The number of para-hydroxylation sites is 1. The second kappa shape index (κ2) is 8.12. The van der Waals surface area contributed by atoms with E-state index in [2.05, 4.69) is 61.4 Å². The van der Waals surface area contributed by atoms with Crippen LogP contribution in [0.25, 0.3) is 22.4 Å². The standard InChI is InChI=1S/C28H27N3O/c1-4-23-18-30(17-20-9-6-5-7-10-20)28(32)24-11-8-12-25-26(24)31(23)27(29-25)22-15-13-21(14-16-22)19(2)3/h4-16,19,23H,1,17-18H2,2-3H3/t23-/m1/s1. The Morgan fingerprint density at radius 3 is 2.47 bits per heavy atom. The molecule has 0 bridgehead atoms. The lowest BCUT2D eigenvalue weighted by Crippen LogP contribution is -2.33. The summed E-state index contributed by atoms with van der Waals surface area (Å²) in [6.45, 7) is 9.62. The van der Waals surface area contributed by atoms with E-state index in [0.717, 1.165) is 28.0 Å². The van der Waals surface area contributed by atoms with Gasteiger partial charge in [0.05, 0.1) is 22.6 Å². The van der Waals surface area contributed by atoms with Crippen molar-refractivity contribution < 1.29 is 4.79 Å². The van der Waals surface area contributed by atoms with Crippen LogP contribution in [0.3, 0.4) is 0 Å². The second-order valence-corrected chi connectivity index (χ2v) is 8.73. The molecule has 0 fully saturated rings. The fourth-order valence-corrected chi connectivity index (χ4v) is 4.55. The molecule has 0 spiro atoms. The lowest BCUT2D eigenvalue weighted by atomic mass is 10.0. The lowest BCUT2D eigenvalue weighted by Gasteiger charge is -2.25. The Morgan fingerprint density at radius 1 is 1.03 bits per heavy atom. The van der Waals surface area contributed by atoms with E-state index in [9.17, 15) is 4.79 Å². The van der Waals surface area contributed by atoms with Crippen molar-refractivity contribution >= 4 is 16.9 Å². The highest BCUT2D eigenvalue weighted by Crippen LogP contribution is 2.35. The number of amides is 1. The Labute approximate surface area is 188 Å². The molecule has 0 N–H and O–H groups in total. The van der Waals surface area contributed by atoms with Gasteiger partial charge in [-0.25, -0.2) is 4.98 Å². The van der Waals surface area contributed by atoms with E-state index < -0.39 is 0 Å². The number of benzene rings is 3. The van der Waals surface area contributed by atoms with Crippen LogP contribution in [-0.4, -0.2) is 26.9 Å². The first-order valence-corrected chi connectivity index (χ1v) is 11.1. The van der Waals surface area contributed by atoms with Crippen molar-refractivity contribution in [2.24, 2.45) is 0 Å². The monoisotopic (exact) mass is 421 g/mol. The van der Waals surface area contributed by atoms with E-state index in [1.165, 1.54) is 5.56 Å². The quantitative estimate of drug-likeness (QED) is 0.359. The molecular formula is C28H27N3O. The lowest BCUT2D eigenvalue weighted by molar-refractivity contribution is 0.0738. The summed E-state index contributed by atoms with van der Waals surface area (Å²) in [5, 5.41) is 0. The largest absolute Gasteiger partial charge is 0.332 e. The highest BCUT2D eigenvalue weighted by atomic mass is 16.2. The van der Waals surface area contributed by atoms with Crippen molar-refractivity contribution in [3.05, 3.63) is 102 Å². The predicted octanol–water partition coefficient (Wildman–Crippen LogP) is 6.21. The van der Waals surface area contributed by atoms with Crippen LogP contribution in [0.5, 0.6) is 0 Å². The zero-order chi connectivity index (χ0) is 22.2. The zero-order valence-corrected chi connectivity index (χ0v) is 18.5. The maximum atomic E-state index is 13.6. The highest BCUT2D eigenvalue weighted by molar-refractivity contribution is 6.06. The van der Waals surface area contributed by atoms with Crippen LogP contribution in [0.1, 0.15) is 47.3 Å². The van der Waals surface area contributed by atoms with Crippen LogP contribution in [-0.2, 0) is 6.54 Å². The van der Waals surface area contributed by atoms with Crippen LogP contribution in [0.15, 0.2) is 85.5 Å². The van der Waals surface area contributed by atoms with E-state index in [0.29, 0.717) is 24.6 Å². The van der Waals surface area contributed by atoms with E-state index in [4.69, 9.17) is 4.98 Å². The third-order valence-corrected chi connectivity index (χ3v) is 6.29. The molecule has 3 aromatic carbocycles. The molecule has 0 aliphatic carbocycles. The average Bonchev–Trinajstić information content (AvgIpc) is 3.16. The average molecular weight is 422 g/mol. The summed E-state index contributed by atoms with van der Waals surface area (Å²) in [5.41, 5.74) is 5.89. The molecule has 0 radical (unpaired) electrons. The van der Waals surface area contributed by atoms with Crippen LogP contribution < -0.4 is 0 Å². The predicted molar refractivity (Wildman–Crippen MR) is 130 cm³/mol. The Kier molecular flexibility index (Phi) is 5.14. The first kappa shape index (κ1) is 20.3. The summed E-state index contributed by atoms with van der Waals surface area (Å²) >= 11 is 0. The summed E-state index contributed by atoms with van der Waals surface area (Å²) in [6, 6.07) is 24.5. The molecule has 1 amide bonds. The Balaban J connectivity index is 1.65. The van der Waals surface area contributed by atoms with E-state index in [1.54, 1.807) is 0 Å². The molecule has 2 heterocycles. The molecule has 0 unspecified atom stereocenters. The molecule has 4 aromatic rings. The molecule has 0 saturated heterocycles. The van der Waals surface area contributed by atoms with Gasteiger partial charge in [-0.2, -0.15) is 0 Å². The smallest absolute Gasteiger partial charge is 0.256 e. The van der Waals surface area contributed by atoms with Gasteiger partial charge in [0, 0.05) is 18.7 Å². The number of hydrogen-bond donors (Lipinski definition) is 0. The van der Waals surface area contributed by atoms with Crippen LogP contribution in [0, 0.1) is 0 Å². The number of aromatic nitrogens is 2. The molecule has 5 rings (SSSR count). The summed E-state index contributed by atoms with van der Waals surface area (Å²) in [4.78, 5) is 20.5. The SMILES string of the molecule is C=C[C@@H]1CN(Cc2ccccc2)C(=O)c2cccc3nc(-c4ccc(C(C)C)cc4)n1c23. The van der Waals surface area contributed by atoms with Gasteiger partial charge in [-0.05, 0) is 29.2 Å². The third-order valence-electron chi connectivity index (χ3n) is 6.29. The first-order chi connectivity index (χ1) is 15.6. The Hall–Kier alpha value is -3.66. The Morgan fingerprint density at radius 2 is 1.78 bits per heavy atom. The topological polar surface area (TPSA) is 38.1 Å². The molecule has 32 heavy (non-hydrogen) atoms. The van der Waals surface area contributed by atoms with Gasteiger partial charge in [0.25, 0.3) is 5.91 Å². The van der Waals surface area contributed by atoms with Gasteiger partial charge in [-0.1, -0.05) is 80.6 Å². The van der Waals surface area contributed by atoms with Gasteiger partial charge in [0.2, 0.25) is 0 Å². The first-order valence-electron chi connectivity index (χ1n) is 11.1. The molecule has 1 aromatic heterocycles. The molecule has 160 valence electrons. The fourth-order valence-electron chi connectivity index (χ4n) is 4.55. The molecule has 4 heteroatoms. The summed E-state index contributed by atoms with van der Waals surface area (Å²) in [5.74, 6) is 1.38. The van der Waals surface area contributed by atoms with Crippen molar-refractivity contribution in [2.45, 2.75) is 32.4 Å². The molecule has 4 nitrogen and oxygen atoms in total. The number of nitrogens with zero attached hydrogens (tertiary/aromatic N) is 3. The summed E-state index contributed by atoms with van der Waals surface area (Å²) in [6.07, 6.45) is 1.93. The van der Waals surface area contributed by atoms with Gasteiger partial charge in [0.1, 0.15) is 5.82 Å².